The van der Waals surface area contributed by atoms with Crippen molar-refractivity contribution in [3.05, 3.63) is 52.0 Å². The number of aliphatic carboxylic acids is 1. The summed E-state index contributed by atoms with van der Waals surface area (Å²) in [6, 6.07) is 7.49. The van der Waals surface area contributed by atoms with Gasteiger partial charge in [-0.3, -0.25) is 4.79 Å². The molecule has 0 aliphatic carbocycles. The Bertz CT molecular complexity index is 1030. The maximum Gasteiger partial charge on any atom is 0.416 e. The Morgan fingerprint density at radius 3 is 2.16 bits per heavy atom. The van der Waals surface area contributed by atoms with Gasteiger partial charge in [0.1, 0.15) is 5.75 Å². The van der Waals surface area contributed by atoms with Gasteiger partial charge in [-0.1, -0.05) is 76.8 Å². The van der Waals surface area contributed by atoms with E-state index in [9.17, 15) is 22.8 Å². The predicted molar refractivity (Wildman–Crippen MR) is 142 cm³/mol. The maximum atomic E-state index is 13.3. The fraction of sp³-hybridized carbons (Fsp3) is 0.500. The van der Waals surface area contributed by atoms with Crippen molar-refractivity contribution in [1.29, 1.82) is 0 Å². The number of hydrogen-bond acceptors (Lipinski definition) is 3. The fourth-order valence-electron chi connectivity index (χ4n) is 4.00. The van der Waals surface area contributed by atoms with Crippen LogP contribution in [0.2, 0.25) is 0 Å². The summed E-state index contributed by atoms with van der Waals surface area (Å²) in [7, 11) is 0. The molecule has 9 heteroatoms. The summed E-state index contributed by atoms with van der Waals surface area (Å²) in [5, 5.41) is 11.9. The zero-order chi connectivity index (χ0) is 27.3. The van der Waals surface area contributed by atoms with Gasteiger partial charge in [-0.25, -0.2) is 4.79 Å². The first-order valence-electron chi connectivity index (χ1n) is 12.8. The molecule has 2 aromatic carbocycles. The van der Waals surface area contributed by atoms with Gasteiger partial charge in [-0.05, 0) is 52.2 Å². The summed E-state index contributed by atoms with van der Waals surface area (Å²) in [5.74, 6) is -1.55. The molecule has 2 N–H and O–H groups in total. The number of carboxylic acid groups (broad SMARTS) is 1. The SMILES string of the molecule is CCCCCCCCCCCCNC(=O)c1cc(Br)c(OCC(=O)O)c(-c2cccc(C(F)(F)F)c2)c1. The van der Waals surface area contributed by atoms with Gasteiger partial charge in [0.2, 0.25) is 0 Å². The van der Waals surface area contributed by atoms with Gasteiger partial charge in [0.05, 0.1) is 10.0 Å². The number of unbranched alkanes of at least 4 members (excludes halogenated alkanes) is 9. The van der Waals surface area contributed by atoms with Gasteiger partial charge in [0.25, 0.3) is 5.91 Å². The minimum Gasteiger partial charge on any atom is -0.480 e. The van der Waals surface area contributed by atoms with Crippen molar-refractivity contribution >= 4 is 27.8 Å². The van der Waals surface area contributed by atoms with Crippen LogP contribution in [0, 0.1) is 0 Å². The van der Waals surface area contributed by atoms with Crippen LogP contribution in [0.3, 0.4) is 0 Å². The number of amides is 1. The number of nitrogens with one attached hydrogen (secondary N) is 1. The first kappa shape index (κ1) is 30.7. The van der Waals surface area contributed by atoms with Crippen molar-refractivity contribution in [2.24, 2.45) is 0 Å². The molecule has 0 radical (unpaired) electrons. The van der Waals surface area contributed by atoms with Gasteiger partial charge in [-0.2, -0.15) is 13.2 Å². The highest BCUT2D eigenvalue weighted by molar-refractivity contribution is 9.10. The molecule has 0 heterocycles. The lowest BCUT2D eigenvalue weighted by Gasteiger charge is -2.16. The Balaban J connectivity index is 2.03. The van der Waals surface area contributed by atoms with Crippen LogP contribution in [0.25, 0.3) is 11.1 Å². The smallest absolute Gasteiger partial charge is 0.416 e. The van der Waals surface area contributed by atoms with E-state index in [1.807, 2.05) is 0 Å². The Morgan fingerprint density at radius 1 is 0.946 bits per heavy atom. The second-order valence-electron chi connectivity index (χ2n) is 9.03. The number of alkyl halides is 3. The van der Waals surface area contributed by atoms with Crippen molar-refractivity contribution in [3.8, 4) is 16.9 Å². The zero-order valence-corrected chi connectivity index (χ0v) is 22.7. The fourth-order valence-corrected chi connectivity index (χ4v) is 4.57. The first-order valence-corrected chi connectivity index (χ1v) is 13.6. The number of hydrogen-bond donors (Lipinski definition) is 2. The number of carbonyl (C=O) groups is 2. The van der Waals surface area contributed by atoms with Gasteiger partial charge in [0, 0.05) is 17.7 Å². The highest BCUT2D eigenvalue weighted by Crippen LogP contribution is 2.40. The molecule has 37 heavy (non-hydrogen) atoms. The molecule has 0 aliphatic rings. The van der Waals surface area contributed by atoms with Crippen LogP contribution >= 0.6 is 15.9 Å². The lowest BCUT2D eigenvalue weighted by molar-refractivity contribution is -0.139. The topological polar surface area (TPSA) is 75.6 Å². The monoisotopic (exact) mass is 585 g/mol. The summed E-state index contributed by atoms with van der Waals surface area (Å²) in [6.45, 7) is 2.01. The third kappa shape index (κ3) is 10.8. The van der Waals surface area contributed by atoms with Crippen LogP contribution in [-0.2, 0) is 11.0 Å². The third-order valence-electron chi connectivity index (χ3n) is 5.96. The van der Waals surface area contributed by atoms with Gasteiger partial charge in [0.15, 0.2) is 6.61 Å². The lowest BCUT2D eigenvalue weighted by atomic mass is 9.99. The van der Waals surface area contributed by atoms with E-state index >= 15 is 0 Å². The molecule has 0 aliphatic heterocycles. The van der Waals surface area contributed by atoms with E-state index in [1.54, 1.807) is 0 Å². The van der Waals surface area contributed by atoms with E-state index in [4.69, 9.17) is 9.84 Å². The second kappa shape index (κ2) is 15.6. The molecule has 0 unspecified atom stereocenters. The van der Waals surface area contributed by atoms with Crippen LogP contribution in [0.1, 0.15) is 87.1 Å². The Kier molecular flexibility index (Phi) is 13.0. The molecule has 5 nitrogen and oxygen atoms in total. The van der Waals surface area contributed by atoms with E-state index in [0.29, 0.717) is 6.54 Å². The van der Waals surface area contributed by atoms with Crippen LogP contribution in [0.5, 0.6) is 5.75 Å². The number of carbonyl (C=O) groups excluding carboxylic acids is 1. The van der Waals surface area contributed by atoms with E-state index in [0.717, 1.165) is 31.4 Å². The molecular formula is C28H35BrF3NO4. The van der Waals surface area contributed by atoms with Crippen LogP contribution in [-0.4, -0.2) is 30.1 Å². The quantitative estimate of drug-likeness (QED) is 0.194. The van der Waals surface area contributed by atoms with Crippen LogP contribution in [0.15, 0.2) is 40.9 Å². The Morgan fingerprint density at radius 2 is 1.57 bits per heavy atom. The molecule has 0 spiro atoms. The predicted octanol–water partition coefficient (Wildman–Crippen LogP) is 8.25. The highest BCUT2D eigenvalue weighted by atomic mass is 79.9. The summed E-state index contributed by atoms with van der Waals surface area (Å²) < 4.78 is 45.5. The summed E-state index contributed by atoms with van der Waals surface area (Å²) in [6.07, 6.45) is 7.25. The van der Waals surface area contributed by atoms with Crippen LogP contribution in [0.4, 0.5) is 13.2 Å². The molecule has 0 saturated carbocycles. The molecule has 0 aromatic heterocycles. The molecule has 0 bridgehead atoms. The van der Waals surface area contributed by atoms with E-state index < -0.39 is 24.3 Å². The standard InChI is InChI=1S/C28H35BrF3NO4/c1-2-3-4-5-6-7-8-9-10-11-15-33-27(36)21-17-23(26(24(29)18-21)37-19-25(34)35)20-13-12-14-22(16-20)28(30,31)32/h12-14,16-18H,2-11,15,19H2,1H3,(H,33,36)(H,34,35). The van der Waals surface area contributed by atoms with Crippen molar-refractivity contribution < 1.29 is 32.6 Å². The zero-order valence-electron chi connectivity index (χ0n) is 21.1. The second-order valence-corrected chi connectivity index (χ2v) is 9.89. The van der Waals surface area contributed by atoms with E-state index in [-0.39, 0.29) is 32.8 Å². The van der Waals surface area contributed by atoms with Crippen molar-refractivity contribution in [3.63, 3.8) is 0 Å². The molecule has 1 amide bonds. The average Bonchev–Trinajstić information content (AvgIpc) is 2.85. The molecular weight excluding hydrogens is 551 g/mol. The number of rotatable bonds is 16. The summed E-state index contributed by atoms with van der Waals surface area (Å²) in [4.78, 5) is 23.8. The third-order valence-corrected chi connectivity index (χ3v) is 6.55. The maximum absolute atomic E-state index is 13.3. The van der Waals surface area contributed by atoms with Crippen molar-refractivity contribution in [2.75, 3.05) is 13.2 Å². The first-order chi connectivity index (χ1) is 17.6. The molecule has 2 aromatic rings. The van der Waals surface area contributed by atoms with E-state index in [2.05, 4.69) is 28.2 Å². The van der Waals surface area contributed by atoms with Gasteiger partial charge >= 0.3 is 12.1 Å². The summed E-state index contributed by atoms with van der Waals surface area (Å²) in [5.41, 5.74) is -0.291. The number of ether oxygens (including phenoxy) is 1. The number of benzene rings is 2. The summed E-state index contributed by atoms with van der Waals surface area (Å²) >= 11 is 3.29. The number of carboxylic acids is 1. The minimum absolute atomic E-state index is 0.0490. The van der Waals surface area contributed by atoms with Crippen molar-refractivity contribution in [1.82, 2.24) is 5.32 Å². The average molecular weight is 586 g/mol. The van der Waals surface area contributed by atoms with Gasteiger partial charge < -0.3 is 15.2 Å². The highest BCUT2D eigenvalue weighted by Gasteiger charge is 2.31. The molecule has 2 rings (SSSR count). The largest absolute Gasteiger partial charge is 0.480 e. The van der Waals surface area contributed by atoms with Crippen LogP contribution < -0.4 is 10.1 Å². The van der Waals surface area contributed by atoms with Gasteiger partial charge in [-0.15, -0.1) is 0 Å². The molecule has 204 valence electrons. The molecule has 0 saturated heterocycles. The molecule has 0 fully saturated rings. The Labute approximate surface area is 224 Å². The Hall–Kier alpha value is -2.55. The minimum atomic E-state index is -4.56. The number of halogens is 4. The van der Waals surface area contributed by atoms with E-state index in [1.165, 1.54) is 69.2 Å². The lowest BCUT2D eigenvalue weighted by Crippen LogP contribution is -2.24. The molecule has 0 atom stereocenters. The van der Waals surface area contributed by atoms with Crippen molar-refractivity contribution in [2.45, 2.75) is 77.3 Å². The normalized spacial score (nSPS) is 11.4.